The molecule has 2 bridgehead atoms. The van der Waals surface area contributed by atoms with E-state index in [1.54, 1.807) is 21.6 Å². The van der Waals surface area contributed by atoms with Gasteiger partial charge in [-0.2, -0.15) is 0 Å². The SMILES string of the molecule is CC(C)(C)[Si](C)(C)O[C@@H](CNCc1ccc2c(c1)[nH]c(=O)n2CCCc1ccc(-c2ccccc2)c(N(C(=O)O)[C@H]2CN3CCC2CC3)c1)c1ccc(O)c2[nH]c(=O)ccc12. The van der Waals surface area contributed by atoms with Gasteiger partial charge in [-0.25, -0.2) is 9.59 Å². The maximum absolute atomic E-state index is 13.3. The van der Waals surface area contributed by atoms with Crippen molar-refractivity contribution in [1.29, 1.82) is 0 Å². The monoisotopic (exact) mass is 842 g/mol. The minimum absolute atomic E-state index is 0.0123. The summed E-state index contributed by atoms with van der Waals surface area (Å²) in [6.45, 7) is 15.4. The lowest BCUT2D eigenvalue weighted by Crippen LogP contribution is -2.59. The number of rotatable bonds is 14. The van der Waals surface area contributed by atoms with Gasteiger partial charge in [0.25, 0.3) is 0 Å². The highest BCUT2D eigenvalue weighted by atomic mass is 28.4. The highest BCUT2D eigenvalue weighted by Gasteiger charge is 2.41. The van der Waals surface area contributed by atoms with E-state index in [2.05, 4.69) is 72.2 Å². The zero-order valence-corrected chi connectivity index (χ0v) is 36.8. The topological polar surface area (TPSA) is 156 Å². The fraction of sp³-hybridized carbons (Fsp3) is 0.396. The number of imidazole rings is 1. The number of benzene rings is 4. The number of hydrogen-bond donors (Lipinski definition) is 5. The number of aryl methyl sites for hydroxylation is 2. The average molecular weight is 843 g/mol. The maximum atomic E-state index is 13.3. The molecule has 0 aliphatic carbocycles. The molecular formula is C48H58N6O6Si. The molecule has 3 fully saturated rings. The van der Waals surface area contributed by atoms with Crippen molar-refractivity contribution in [1.82, 2.24) is 24.8 Å². The first-order valence-corrected chi connectivity index (χ1v) is 24.5. The van der Waals surface area contributed by atoms with Gasteiger partial charge < -0.3 is 34.8 Å². The third-order valence-corrected chi connectivity index (χ3v) is 17.9. The zero-order chi connectivity index (χ0) is 43.1. The van der Waals surface area contributed by atoms with Crippen LogP contribution in [0.3, 0.4) is 0 Å². The first kappa shape index (κ1) is 42.2. The van der Waals surface area contributed by atoms with Crippen molar-refractivity contribution in [3.8, 4) is 16.9 Å². The van der Waals surface area contributed by atoms with Gasteiger partial charge in [0, 0.05) is 43.2 Å². The van der Waals surface area contributed by atoms with Crippen molar-refractivity contribution in [3.05, 3.63) is 129 Å². The summed E-state index contributed by atoms with van der Waals surface area (Å²) in [5, 5.41) is 25.6. The third kappa shape index (κ3) is 8.83. The molecular weight excluding hydrogens is 785 g/mol. The Kier molecular flexibility index (Phi) is 11.9. The summed E-state index contributed by atoms with van der Waals surface area (Å²) in [6, 6.07) is 28.8. The van der Waals surface area contributed by atoms with E-state index >= 15 is 0 Å². The first-order chi connectivity index (χ1) is 29.2. The number of hydrogen-bond acceptors (Lipinski definition) is 7. The van der Waals surface area contributed by atoms with Crippen molar-refractivity contribution in [2.75, 3.05) is 31.1 Å². The van der Waals surface area contributed by atoms with E-state index in [1.165, 1.54) is 6.07 Å². The molecule has 3 aliphatic heterocycles. The Morgan fingerprint density at radius 1 is 0.951 bits per heavy atom. The molecule has 320 valence electrons. The number of nitrogens with one attached hydrogen (secondary N) is 3. The summed E-state index contributed by atoms with van der Waals surface area (Å²) in [7, 11) is -2.25. The van der Waals surface area contributed by atoms with Crippen LogP contribution in [-0.4, -0.2) is 76.3 Å². The van der Waals surface area contributed by atoms with Gasteiger partial charge >= 0.3 is 11.8 Å². The quantitative estimate of drug-likeness (QED) is 0.0683. The van der Waals surface area contributed by atoms with Gasteiger partial charge in [-0.05, 0) is 115 Å². The molecule has 2 atom stereocenters. The number of pyridine rings is 1. The number of aromatic hydroxyl groups is 1. The van der Waals surface area contributed by atoms with E-state index in [0.717, 1.165) is 82.4 Å². The fourth-order valence-electron chi connectivity index (χ4n) is 9.06. The minimum atomic E-state index is -2.25. The van der Waals surface area contributed by atoms with E-state index < -0.39 is 14.4 Å². The van der Waals surface area contributed by atoms with Crippen molar-refractivity contribution < 1.29 is 19.4 Å². The number of aromatic nitrogens is 3. The van der Waals surface area contributed by atoms with Gasteiger partial charge in [0.2, 0.25) is 5.56 Å². The normalized spacial score (nSPS) is 18.5. The molecule has 2 aromatic heterocycles. The summed E-state index contributed by atoms with van der Waals surface area (Å²) in [4.78, 5) is 48.4. The predicted octanol–water partition coefficient (Wildman–Crippen LogP) is 8.61. The molecule has 0 unspecified atom stereocenters. The first-order valence-electron chi connectivity index (χ1n) is 21.5. The van der Waals surface area contributed by atoms with E-state index in [4.69, 9.17) is 4.43 Å². The van der Waals surface area contributed by atoms with Crippen LogP contribution in [0.4, 0.5) is 10.5 Å². The van der Waals surface area contributed by atoms with Gasteiger partial charge in [-0.15, -0.1) is 0 Å². The number of anilines is 1. The Hall–Kier alpha value is -5.47. The number of piperidine rings is 3. The predicted molar refractivity (Wildman–Crippen MR) is 245 cm³/mol. The van der Waals surface area contributed by atoms with Crippen molar-refractivity contribution in [3.63, 3.8) is 0 Å². The standard InChI is InChI=1S/C48H58N6O6Si/c1-48(2,3)61(4,5)60-43(36-16-19-42(55)45-37(36)17-20-44(56)51-45)29-49-28-32-14-18-39-38(26-32)50-46(57)53(39)23-9-10-31-13-15-35(33-11-7-6-8-12-33)40(27-31)54(47(58)59)41-30-52-24-21-34(41)22-25-52/h6-8,11-20,26-27,34,41,43,49,55H,9-10,21-25,28-30H2,1-5H3,(H,50,57)(H,51,56)(H,58,59)/t41-,43-/m0/s1. The number of aromatic amines is 2. The third-order valence-electron chi connectivity index (χ3n) is 13.4. The molecule has 3 aliphatic rings. The molecule has 61 heavy (non-hydrogen) atoms. The van der Waals surface area contributed by atoms with Gasteiger partial charge in [0.05, 0.1) is 34.4 Å². The Labute approximate surface area is 357 Å². The molecule has 0 spiro atoms. The molecule has 9 rings (SSSR count). The lowest BCUT2D eigenvalue weighted by Gasteiger charge is -2.48. The number of nitrogens with zero attached hydrogens (tertiary/aromatic N) is 3. The Morgan fingerprint density at radius 2 is 1.70 bits per heavy atom. The van der Waals surface area contributed by atoms with Crippen LogP contribution in [0.5, 0.6) is 5.75 Å². The summed E-state index contributed by atoms with van der Waals surface area (Å²) < 4.78 is 8.76. The number of carboxylic acid groups (broad SMARTS) is 1. The molecule has 12 nitrogen and oxygen atoms in total. The molecule has 5 N–H and O–H groups in total. The second-order valence-electron chi connectivity index (χ2n) is 18.4. The summed E-state index contributed by atoms with van der Waals surface area (Å²) >= 11 is 0. The van der Waals surface area contributed by atoms with Crippen LogP contribution in [0.2, 0.25) is 18.1 Å². The molecule has 1 amide bonds. The minimum Gasteiger partial charge on any atom is -0.506 e. The molecule has 13 heteroatoms. The molecule has 3 saturated heterocycles. The van der Waals surface area contributed by atoms with Crippen LogP contribution in [0.1, 0.15) is 62.8 Å². The number of H-pyrrole nitrogens is 2. The van der Waals surface area contributed by atoms with Gasteiger partial charge in [-0.3, -0.25) is 14.3 Å². The highest BCUT2D eigenvalue weighted by molar-refractivity contribution is 6.74. The number of amides is 1. The lowest BCUT2D eigenvalue weighted by atomic mass is 9.82. The van der Waals surface area contributed by atoms with Crippen molar-refractivity contribution in [2.24, 2.45) is 5.92 Å². The fourth-order valence-corrected chi connectivity index (χ4v) is 10.3. The number of phenols is 1. The van der Waals surface area contributed by atoms with Crippen LogP contribution in [0.25, 0.3) is 33.1 Å². The average Bonchev–Trinajstić information content (AvgIpc) is 3.54. The molecule has 0 saturated carbocycles. The van der Waals surface area contributed by atoms with Gasteiger partial charge in [-0.1, -0.05) is 75.4 Å². The van der Waals surface area contributed by atoms with Crippen molar-refractivity contribution in [2.45, 2.75) is 89.8 Å². The highest BCUT2D eigenvalue weighted by Crippen LogP contribution is 2.42. The van der Waals surface area contributed by atoms with E-state index in [9.17, 15) is 24.6 Å². The molecule has 0 radical (unpaired) electrons. The zero-order valence-electron chi connectivity index (χ0n) is 35.8. The molecule has 4 aromatic carbocycles. The Morgan fingerprint density at radius 3 is 2.41 bits per heavy atom. The summed E-state index contributed by atoms with van der Waals surface area (Å²) in [5.41, 5.74) is 7.08. The van der Waals surface area contributed by atoms with Gasteiger partial charge in [0.15, 0.2) is 8.32 Å². The van der Waals surface area contributed by atoms with E-state index in [1.807, 2.05) is 54.6 Å². The van der Waals surface area contributed by atoms with E-state index in [0.29, 0.717) is 43.9 Å². The Bertz CT molecular complexity index is 2660. The smallest absolute Gasteiger partial charge is 0.412 e. The van der Waals surface area contributed by atoms with E-state index in [-0.39, 0.29) is 34.2 Å². The molecule has 6 aromatic rings. The lowest BCUT2D eigenvalue weighted by molar-refractivity contribution is 0.0837. The van der Waals surface area contributed by atoms with Gasteiger partial charge in [0.1, 0.15) is 5.75 Å². The Balaban J connectivity index is 0.975. The number of carbonyl (C=O) groups is 1. The van der Waals surface area contributed by atoms with Crippen LogP contribution < -0.4 is 21.5 Å². The second kappa shape index (κ2) is 17.1. The number of phenolic OH excluding ortho intramolecular Hbond substituents is 1. The largest absolute Gasteiger partial charge is 0.506 e. The van der Waals surface area contributed by atoms with Crippen LogP contribution in [0.15, 0.2) is 101 Å². The van der Waals surface area contributed by atoms with Crippen LogP contribution >= 0.6 is 0 Å². The summed E-state index contributed by atoms with van der Waals surface area (Å²) in [6.07, 6.45) is 2.14. The second-order valence-corrected chi connectivity index (χ2v) is 23.2. The van der Waals surface area contributed by atoms with Crippen LogP contribution in [0, 0.1) is 5.92 Å². The molecule has 5 heterocycles. The summed E-state index contributed by atoms with van der Waals surface area (Å²) in [5.74, 6) is 0.357. The van der Waals surface area contributed by atoms with Crippen LogP contribution in [-0.2, 0) is 23.9 Å². The van der Waals surface area contributed by atoms with Crippen molar-refractivity contribution >= 4 is 42.0 Å². The number of fused-ring (bicyclic) bond motifs is 5. The maximum Gasteiger partial charge on any atom is 0.412 e.